The maximum absolute atomic E-state index is 11.7. The first kappa shape index (κ1) is 12.3. The van der Waals surface area contributed by atoms with Gasteiger partial charge in [0.2, 0.25) is 0 Å². The summed E-state index contributed by atoms with van der Waals surface area (Å²) in [6.45, 7) is 0.221. The molecule has 0 aromatic heterocycles. The van der Waals surface area contributed by atoms with E-state index in [4.69, 9.17) is 4.74 Å². The average Bonchev–Trinajstić information content (AvgIpc) is 2.46. The lowest BCUT2D eigenvalue weighted by Crippen LogP contribution is -2.25. The second kappa shape index (κ2) is 5.98. The Labute approximate surface area is 106 Å². The maximum atomic E-state index is 11.7. The molecule has 0 saturated carbocycles. The first-order chi connectivity index (χ1) is 8.81. The van der Waals surface area contributed by atoms with E-state index in [1.165, 1.54) is 0 Å². The van der Waals surface area contributed by atoms with Gasteiger partial charge in [-0.05, 0) is 23.3 Å². The van der Waals surface area contributed by atoms with Crippen LogP contribution in [-0.2, 0) is 4.74 Å². The van der Waals surface area contributed by atoms with Crippen molar-refractivity contribution >= 4 is 5.91 Å². The Morgan fingerprint density at radius 1 is 1.00 bits per heavy atom. The summed E-state index contributed by atoms with van der Waals surface area (Å²) in [5, 5.41) is 2.65. The van der Waals surface area contributed by atoms with Gasteiger partial charge in [-0.2, -0.15) is 0 Å². The molecular formula is C15H15NO2. The summed E-state index contributed by atoms with van der Waals surface area (Å²) in [6.07, 6.45) is 0. The van der Waals surface area contributed by atoms with Gasteiger partial charge in [0.25, 0.3) is 5.91 Å². The van der Waals surface area contributed by atoms with Crippen molar-refractivity contribution in [2.24, 2.45) is 0 Å². The summed E-state index contributed by atoms with van der Waals surface area (Å²) in [5.41, 5.74) is 2.87. The SMILES string of the molecule is COCNC(=O)c1ccc(-c2ccccc2)cc1. The first-order valence-corrected chi connectivity index (χ1v) is 5.74. The highest BCUT2D eigenvalue weighted by Crippen LogP contribution is 2.19. The van der Waals surface area contributed by atoms with Crippen molar-refractivity contribution in [3.05, 3.63) is 60.2 Å². The van der Waals surface area contributed by atoms with Crippen LogP contribution in [0.2, 0.25) is 0 Å². The van der Waals surface area contributed by atoms with Crippen molar-refractivity contribution in [2.75, 3.05) is 13.8 Å². The van der Waals surface area contributed by atoms with Crippen LogP contribution >= 0.6 is 0 Å². The van der Waals surface area contributed by atoms with Gasteiger partial charge in [0.15, 0.2) is 0 Å². The van der Waals surface area contributed by atoms with Crippen LogP contribution in [0.15, 0.2) is 54.6 Å². The molecule has 0 aliphatic carbocycles. The predicted octanol–water partition coefficient (Wildman–Crippen LogP) is 2.69. The molecule has 0 aliphatic rings. The van der Waals surface area contributed by atoms with Crippen molar-refractivity contribution in [3.8, 4) is 11.1 Å². The lowest BCUT2D eigenvalue weighted by Gasteiger charge is -2.05. The molecule has 0 heterocycles. The van der Waals surface area contributed by atoms with Gasteiger partial charge in [-0.15, -0.1) is 0 Å². The summed E-state index contributed by atoms with van der Waals surface area (Å²) in [4.78, 5) is 11.7. The van der Waals surface area contributed by atoms with Gasteiger partial charge in [0.05, 0.1) is 0 Å². The minimum atomic E-state index is -0.128. The van der Waals surface area contributed by atoms with E-state index in [0.717, 1.165) is 11.1 Å². The fourth-order valence-corrected chi connectivity index (χ4v) is 1.68. The van der Waals surface area contributed by atoms with Crippen LogP contribution in [0.1, 0.15) is 10.4 Å². The van der Waals surface area contributed by atoms with E-state index in [9.17, 15) is 4.79 Å². The minimum Gasteiger partial charge on any atom is -0.364 e. The van der Waals surface area contributed by atoms with Crippen LogP contribution in [0.25, 0.3) is 11.1 Å². The summed E-state index contributed by atoms with van der Waals surface area (Å²) < 4.78 is 4.80. The molecule has 2 aromatic rings. The Balaban J connectivity index is 2.13. The Morgan fingerprint density at radius 2 is 1.61 bits per heavy atom. The second-order valence-corrected chi connectivity index (χ2v) is 3.88. The molecule has 1 N–H and O–H groups in total. The van der Waals surface area contributed by atoms with Crippen molar-refractivity contribution < 1.29 is 9.53 Å². The molecule has 0 aliphatic heterocycles. The normalized spacial score (nSPS) is 10.1. The molecule has 3 heteroatoms. The summed E-state index contributed by atoms with van der Waals surface area (Å²) >= 11 is 0. The third-order valence-corrected chi connectivity index (χ3v) is 2.63. The topological polar surface area (TPSA) is 38.3 Å². The third-order valence-electron chi connectivity index (χ3n) is 2.63. The fourth-order valence-electron chi connectivity index (χ4n) is 1.68. The molecule has 0 bridgehead atoms. The smallest absolute Gasteiger partial charge is 0.253 e. The van der Waals surface area contributed by atoms with Crippen LogP contribution in [0.5, 0.6) is 0 Å². The predicted molar refractivity (Wildman–Crippen MR) is 71.2 cm³/mol. The molecular weight excluding hydrogens is 226 g/mol. The van der Waals surface area contributed by atoms with E-state index in [-0.39, 0.29) is 12.6 Å². The number of methoxy groups -OCH3 is 1. The molecule has 3 nitrogen and oxygen atoms in total. The Bertz CT molecular complexity index is 506. The van der Waals surface area contributed by atoms with Gasteiger partial charge in [-0.3, -0.25) is 4.79 Å². The van der Waals surface area contributed by atoms with Crippen molar-refractivity contribution in [1.82, 2.24) is 5.32 Å². The van der Waals surface area contributed by atoms with Gasteiger partial charge in [0, 0.05) is 12.7 Å². The standard InChI is InChI=1S/C15H15NO2/c1-18-11-16-15(17)14-9-7-13(8-10-14)12-5-3-2-4-6-12/h2-10H,11H2,1H3,(H,16,17). The number of nitrogens with one attached hydrogen (secondary N) is 1. The van der Waals surface area contributed by atoms with Crippen LogP contribution in [0, 0.1) is 0 Å². The van der Waals surface area contributed by atoms with E-state index >= 15 is 0 Å². The zero-order chi connectivity index (χ0) is 12.8. The molecule has 92 valence electrons. The van der Waals surface area contributed by atoms with Gasteiger partial charge in [-0.1, -0.05) is 42.5 Å². The third kappa shape index (κ3) is 2.96. The molecule has 1 amide bonds. The largest absolute Gasteiger partial charge is 0.364 e. The Kier molecular flexibility index (Phi) is 4.10. The van der Waals surface area contributed by atoms with Crippen LogP contribution < -0.4 is 5.32 Å². The van der Waals surface area contributed by atoms with Gasteiger partial charge in [-0.25, -0.2) is 0 Å². The molecule has 2 aromatic carbocycles. The van der Waals surface area contributed by atoms with Gasteiger partial charge < -0.3 is 10.1 Å². The lowest BCUT2D eigenvalue weighted by molar-refractivity contribution is 0.0872. The van der Waals surface area contributed by atoms with Crippen LogP contribution in [0.3, 0.4) is 0 Å². The van der Waals surface area contributed by atoms with Crippen LogP contribution in [-0.4, -0.2) is 19.7 Å². The molecule has 0 fully saturated rings. The number of hydrogen-bond acceptors (Lipinski definition) is 2. The number of carbonyl (C=O) groups is 1. The Morgan fingerprint density at radius 3 is 2.22 bits per heavy atom. The first-order valence-electron chi connectivity index (χ1n) is 5.74. The summed E-state index contributed by atoms with van der Waals surface area (Å²) in [5.74, 6) is -0.128. The number of amides is 1. The molecule has 0 saturated heterocycles. The number of carbonyl (C=O) groups excluding carboxylic acids is 1. The van der Waals surface area contributed by atoms with Gasteiger partial charge >= 0.3 is 0 Å². The quantitative estimate of drug-likeness (QED) is 0.836. The highest BCUT2D eigenvalue weighted by atomic mass is 16.5. The molecule has 18 heavy (non-hydrogen) atoms. The van der Waals surface area contributed by atoms with E-state index in [1.807, 2.05) is 54.6 Å². The molecule has 2 rings (SSSR count). The molecule has 0 unspecified atom stereocenters. The zero-order valence-electron chi connectivity index (χ0n) is 10.2. The van der Waals surface area contributed by atoms with Crippen LogP contribution in [0.4, 0.5) is 0 Å². The van der Waals surface area contributed by atoms with Crippen molar-refractivity contribution in [1.29, 1.82) is 0 Å². The summed E-state index contributed by atoms with van der Waals surface area (Å²) in [6, 6.07) is 17.6. The number of benzene rings is 2. The monoisotopic (exact) mass is 241 g/mol. The number of rotatable bonds is 4. The van der Waals surface area contributed by atoms with Gasteiger partial charge in [0.1, 0.15) is 6.73 Å². The number of hydrogen-bond donors (Lipinski definition) is 1. The molecule has 0 atom stereocenters. The second-order valence-electron chi connectivity index (χ2n) is 3.88. The minimum absolute atomic E-state index is 0.128. The van der Waals surface area contributed by atoms with Crippen molar-refractivity contribution in [2.45, 2.75) is 0 Å². The average molecular weight is 241 g/mol. The fraction of sp³-hybridized carbons (Fsp3) is 0.133. The Hall–Kier alpha value is -2.13. The molecule has 0 radical (unpaired) electrons. The maximum Gasteiger partial charge on any atom is 0.253 e. The summed E-state index contributed by atoms with van der Waals surface area (Å²) in [7, 11) is 1.54. The van der Waals surface area contributed by atoms with E-state index in [1.54, 1.807) is 7.11 Å². The van der Waals surface area contributed by atoms with E-state index in [2.05, 4.69) is 5.32 Å². The lowest BCUT2D eigenvalue weighted by atomic mass is 10.0. The van der Waals surface area contributed by atoms with E-state index < -0.39 is 0 Å². The highest BCUT2D eigenvalue weighted by Gasteiger charge is 2.04. The van der Waals surface area contributed by atoms with E-state index in [0.29, 0.717) is 5.56 Å². The highest BCUT2D eigenvalue weighted by molar-refractivity contribution is 5.94. The zero-order valence-corrected chi connectivity index (χ0v) is 10.2. The molecule has 0 spiro atoms. The number of ether oxygens (including phenoxy) is 1. The van der Waals surface area contributed by atoms with Crippen molar-refractivity contribution in [3.63, 3.8) is 0 Å².